The van der Waals surface area contributed by atoms with E-state index in [1.165, 1.54) is 0 Å². The minimum Gasteiger partial charge on any atom is -0.370 e. The maximum absolute atomic E-state index is 10.9. The van der Waals surface area contributed by atoms with Crippen LogP contribution in [0.2, 0.25) is 0 Å². The molecule has 1 amide bonds. The first-order chi connectivity index (χ1) is 9.72. The second-order valence-electron chi connectivity index (χ2n) is 5.07. The molecule has 2 aromatic rings. The molecular weight excluding hydrogens is 252 g/mol. The molecule has 1 aliphatic rings. The average Bonchev–Trinajstić information content (AvgIpc) is 2.43. The monoisotopic (exact) mass is 268 g/mol. The lowest BCUT2D eigenvalue weighted by atomic mass is 9.96. The SMILES string of the molecule is NC(=O)CC1CN(c2cc(-c3ccccc3)ncn2)C1. The number of nitrogens with two attached hydrogens (primary N) is 1. The van der Waals surface area contributed by atoms with Crippen LogP contribution in [-0.4, -0.2) is 29.0 Å². The first-order valence-corrected chi connectivity index (χ1v) is 6.63. The Morgan fingerprint density at radius 3 is 2.70 bits per heavy atom. The Labute approximate surface area is 117 Å². The van der Waals surface area contributed by atoms with Crippen LogP contribution < -0.4 is 10.6 Å². The van der Waals surface area contributed by atoms with Crippen molar-refractivity contribution in [2.24, 2.45) is 11.7 Å². The van der Waals surface area contributed by atoms with Gasteiger partial charge >= 0.3 is 0 Å². The molecule has 5 nitrogen and oxygen atoms in total. The van der Waals surface area contributed by atoms with Gasteiger partial charge in [-0.15, -0.1) is 0 Å². The Hall–Kier alpha value is -2.43. The summed E-state index contributed by atoms with van der Waals surface area (Å²) in [4.78, 5) is 21.6. The summed E-state index contributed by atoms with van der Waals surface area (Å²) in [5.74, 6) is 1.02. The van der Waals surface area contributed by atoms with Gasteiger partial charge in [0.15, 0.2) is 0 Å². The van der Waals surface area contributed by atoms with Crippen LogP contribution in [0.25, 0.3) is 11.3 Å². The largest absolute Gasteiger partial charge is 0.370 e. The summed E-state index contributed by atoms with van der Waals surface area (Å²) in [5, 5.41) is 0. The van der Waals surface area contributed by atoms with E-state index in [0.29, 0.717) is 12.3 Å². The lowest BCUT2D eigenvalue weighted by Gasteiger charge is -2.39. The molecule has 0 spiro atoms. The molecule has 1 aliphatic heterocycles. The molecule has 1 saturated heterocycles. The zero-order valence-corrected chi connectivity index (χ0v) is 11.1. The van der Waals surface area contributed by atoms with Crippen LogP contribution in [0.15, 0.2) is 42.7 Å². The number of hydrogen-bond donors (Lipinski definition) is 1. The standard InChI is InChI=1S/C15H16N4O/c16-14(20)6-11-8-19(9-11)15-7-13(17-10-18-15)12-4-2-1-3-5-12/h1-5,7,10-11H,6,8-9H2,(H2,16,20). The predicted octanol–water partition coefficient (Wildman–Crippen LogP) is 1.46. The molecule has 0 unspecified atom stereocenters. The summed E-state index contributed by atoms with van der Waals surface area (Å²) in [7, 11) is 0. The van der Waals surface area contributed by atoms with Crippen molar-refractivity contribution >= 4 is 11.7 Å². The zero-order valence-electron chi connectivity index (χ0n) is 11.1. The molecule has 5 heteroatoms. The second-order valence-corrected chi connectivity index (χ2v) is 5.07. The van der Waals surface area contributed by atoms with E-state index in [9.17, 15) is 4.79 Å². The number of anilines is 1. The van der Waals surface area contributed by atoms with Gasteiger partial charge in [0.05, 0.1) is 5.69 Å². The topological polar surface area (TPSA) is 72.1 Å². The molecule has 0 atom stereocenters. The molecule has 0 aliphatic carbocycles. The molecule has 0 radical (unpaired) electrons. The summed E-state index contributed by atoms with van der Waals surface area (Å²) in [6.45, 7) is 1.66. The minimum atomic E-state index is -0.234. The summed E-state index contributed by atoms with van der Waals surface area (Å²) in [5.41, 5.74) is 7.19. The highest BCUT2D eigenvalue weighted by molar-refractivity contribution is 5.74. The van der Waals surface area contributed by atoms with Crippen LogP contribution in [-0.2, 0) is 4.79 Å². The van der Waals surface area contributed by atoms with E-state index in [1.807, 2.05) is 36.4 Å². The smallest absolute Gasteiger partial charge is 0.217 e. The third kappa shape index (κ3) is 2.61. The number of amides is 1. The summed E-state index contributed by atoms with van der Waals surface area (Å²) in [6, 6.07) is 12.0. The lowest BCUT2D eigenvalue weighted by Crippen LogP contribution is -2.48. The summed E-state index contributed by atoms with van der Waals surface area (Å²) < 4.78 is 0. The van der Waals surface area contributed by atoms with Crippen LogP contribution in [0.1, 0.15) is 6.42 Å². The minimum absolute atomic E-state index is 0.234. The molecule has 0 bridgehead atoms. The Balaban J connectivity index is 1.72. The van der Waals surface area contributed by atoms with Crippen molar-refractivity contribution < 1.29 is 4.79 Å². The van der Waals surface area contributed by atoms with Gasteiger partial charge in [-0.1, -0.05) is 30.3 Å². The Morgan fingerprint density at radius 1 is 1.25 bits per heavy atom. The van der Waals surface area contributed by atoms with E-state index in [4.69, 9.17) is 5.73 Å². The zero-order chi connectivity index (χ0) is 13.9. The van der Waals surface area contributed by atoms with Gasteiger partial charge in [0.25, 0.3) is 0 Å². The van der Waals surface area contributed by atoms with Crippen molar-refractivity contribution in [2.45, 2.75) is 6.42 Å². The van der Waals surface area contributed by atoms with E-state index in [1.54, 1.807) is 6.33 Å². The van der Waals surface area contributed by atoms with Gasteiger partial charge in [-0.3, -0.25) is 4.79 Å². The number of rotatable bonds is 4. The maximum atomic E-state index is 10.9. The highest BCUT2D eigenvalue weighted by Crippen LogP contribution is 2.27. The third-order valence-corrected chi connectivity index (χ3v) is 3.49. The number of nitrogens with zero attached hydrogens (tertiary/aromatic N) is 3. The normalized spacial score (nSPS) is 14.9. The Bertz CT molecular complexity index is 608. The van der Waals surface area contributed by atoms with E-state index in [2.05, 4.69) is 14.9 Å². The van der Waals surface area contributed by atoms with E-state index >= 15 is 0 Å². The number of carbonyl (C=O) groups excluding carboxylic acids is 1. The number of aromatic nitrogens is 2. The van der Waals surface area contributed by atoms with Crippen molar-refractivity contribution in [1.29, 1.82) is 0 Å². The average molecular weight is 268 g/mol. The van der Waals surface area contributed by atoms with Gasteiger partial charge in [0, 0.05) is 37.1 Å². The van der Waals surface area contributed by atoms with Crippen LogP contribution in [0.3, 0.4) is 0 Å². The highest BCUT2D eigenvalue weighted by atomic mass is 16.1. The van der Waals surface area contributed by atoms with Crippen LogP contribution >= 0.6 is 0 Å². The van der Waals surface area contributed by atoms with Gasteiger partial charge < -0.3 is 10.6 Å². The van der Waals surface area contributed by atoms with Crippen molar-refractivity contribution in [3.05, 3.63) is 42.7 Å². The van der Waals surface area contributed by atoms with Gasteiger partial charge in [-0.2, -0.15) is 0 Å². The van der Waals surface area contributed by atoms with Crippen molar-refractivity contribution in [1.82, 2.24) is 9.97 Å². The molecular formula is C15H16N4O. The Kier molecular flexibility index (Phi) is 3.33. The molecule has 1 aromatic carbocycles. The van der Waals surface area contributed by atoms with Crippen molar-refractivity contribution in [2.75, 3.05) is 18.0 Å². The summed E-state index contributed by atoms with van der Waals surface area (Å²) in [6.07, 6.45) is 2.03. The molecule has 2 heterocycles. The fourth-order valence-electron chi connectivity index (χ4n) is 2.46. The van der Waals surface area contributed by atoms with Crippen LogP contribution in [0, 0.1) is 5.92 Å². The number of hydrogen-bond acceptors (Lipinski definition) is 4. The fourth-order valence-corrected chi connectivity index (χ4v) is 2.46. The molecule has 1 aromatic heterocycles. The van der Waals surface area contributed by atoms with Crippen molar-refractivity contribution in [3.63, 3.8) is 0 Å². The molecule has 0 saturated carbocycles. The summed E-state index contributed by atoms with van der Waals surface area (Å²) >= 11 is 0. The number of benzene rings is 1. The first kappa shape index (κ1) is 12.6. The number of primary amides is 1. The maximum Gasteiger partial charge on any atom is 0.217 e. The van der Waals surface area contributed by atoms with Crippen LogP contribution in [0.5, 0.6) is 0 Å². The van der Waals surface area contributed by atoms with Crippen molar-refractivity contribution in [3.8, 4) is 11.3 Å². The van der Waals surface area contributed by atoms with Crippen LogP contribution in [0.4, 0.5) is 5.82 Å². The van der Waals surface area contributed by atoms with Gasteiger partial charge in [0.1, 0.15) is 12.1 Å². The quantitative estimate of drug-likeness (QED) is 0.911. The number of carbonyl (C=O) groups is 1. The molecule has 1 fully saturated rings. The first-order valence-electron chi connectivity index (χ1n) is 6.63. The van der Waals surface area contributed by atoms with E-state index < -0.39 is 0 Å². The molecule has 2 N–H and O–H groups in total. The highest BCUT2D eigenvalue weighted by Gasteiger charge is 2.29. The lowest BCUT2D eigenvalue weighted by molar-refractivity contribution is -0.119. The third-order valence-electron chi connectivity index (χ3n) is 3.49. The molecule has 102 valence electrons. The Morgan fingerprint density at radius 2 is 2.00 bits per heavy atom. The van der Waals surface area contributed by atoms with E-state index in [-0.39, 0.29) is 5.91 Å². The van der Waals surface area contributed by atoms with Gasteiger partial charge in [-0.05, 0) is 0 Å². The fraction of sp³-hybridized carbons (Fsp3) is 0.267. The van der Waals surface area contributed by atoms with E-state index in [0.717, 1.165) is 30.2 Å². The predicted molar refractivity (Wildman–Crippen MR) is 77.0 cm³/mol. The van der Waals surface area contributed by atoms with Gasteiger partial charge in [-0.25, -0.2) is 9.97 Å². The second kappa shape index (κ2) is 5.28. The molecule has 3 rings (SSSR count). The van der Waals surface area contributed by atoms with Gasteiger partial charge in [0.2, 0.25) is 5.91 Å². The molecule has 20 heavy (non-hydrogen) atoms.